The second-order valence-electron chi connectivity index (χ2n) is 3.92. The summed E-state index contributed by atoms with van der Waals surface area (Å²) in [5, 5.41) is 1.05. The van der Waals surface area contributed by atoms with Crippen LogP contribution in [0.1, 0.15) is 0 Å². The lowest BCUT2D eigenvalue weighted by Gasteiger charge is -2.05. The van der Waals surface area contributed by atoms with E-state index >= 15 is 0 Å². The van der Waals surface area contributed by atoms with Crippen LogP contribution in [0.2, 0.25) is 10.0 Å². The van der Waals surface area contributed by atoms with Crippen LogP contribution in [-0.2, 0) is 0 Å². The van der Waals surface area contributed by atoms with Gasteiger partial charge in [0, 0.05) is 0 Å². The molecule has 0 saturated carbocycles. The van der Waals surface area contributed by atoms with Gasteiger partial charge in [0.25, 0.3) is 0 Å². The molecule has 0 atom stereocenters. The topological polar surface area (TPSA) is 38.4 Å². The number of nitrogens with two attached hydrogens (primary N) is 1. The number of nitrogens with zero attached hydrogens (tertiary/aromatic N) is 1. The number of hydrogen-bond donors (Lipinski definition) is 1. The van der Waals surface area contributed by atoms with Crippen LogP contribution in [0, 0.1) is 0 Å². The van der Waals surface area contributed by atoms with Crippen molar-refractivity contribution in [2.24, 2.45) is 10.7 Å². The number of aliphatic imine (C=N–C) groups is 1. The summed E-state index contributed by atoms with van der Waals surface area (Å²) in [6.07, 6.45) is 0. The second kappa shape index (κ2) is 6.29. The van der Waals surface area contributed by atoms with E-state index in [1.807, 2.05) is 36.4 Å². The minimum absolute atomic E-state index is 0.205. The highest BCUT2D eigenvalue weighted by molar-refractivity contribution is 6.42. The SMILES string of the molecule is NC(CCl)=Nc1cccc(-c2ccc(Cl)c(Cl)c2)c1. The molecule has 0 radical (unpaired) electrons. The molecule has 2 aromatic carbocycles. The Bertz CT molecular complexity index is 624. The van der Waals surface area contributed by atoms with Gasteiger partial charge in [-0.1, -0.05) is 41.4 Å². The van der Waals surface area contributed by atoms with Crippen molar-refractivity contribution in [1.82, 2.24) is 0 Å². The maximum atomic E-state index is 6.01. The minimum atomic E-state index is 0.205. The van der Waals surface area contributed by atoms with Crippen molar-refractivity contribution in [3.63, 3.8) is 0 Å². The molecule has 0 heterocycles. The van der Waals surface area contributed by atoms with E-state index in [2.05, 4.69) is 4.99 Å². The minimum Gasteiger partial charge on any atom is -0.386 e. The van der Waals surface area contributed by atoms with Crippen molar-refractivity contribution in [2.75, 3.05) is 5.88 Å². The zero-order chi connectivity index (χ0) is 13.8. The van der Waals surface area contributed by atoms with Crippen LogP contribution in [0.25, 0.3) is 11.1 Å². The zero-order valence-corrected chi connectivity index (χ0v) is 12.2. The van der Waals surface area contributed by atoms with Gasteiger partial charge in [0.15, 0.2) is 0 Å². The molecule has 0 aliphatic carbocycles. The van der Waals surface area contributed by atoms with E-state index in [1.165, 1.54) is 0 Å². The molecule has 98 valence electrons. The summed E-state index contributed by atoms with van der Waals surface area (Å²) in [6, 6.07) is 13.1. The van der Waals surface area contributed by atoms with Crippen molar-refractivity contribution in [2.45, 2.75) is 0 Å². The number of amidine groups is 1. The summed E-state index contributed by atoms with van der Waals surface area (Å²) < 4.78 is 0. The molecule has 0 aromatic heterocycles. The molecule has 19 heavy (non-hydrogen) atoms. The van der Waals surface area contributed by atoms with Crippen LogP contribution in [0.5, 0.6) is 0 Å². The van der Waals surface area contributed by atoms with Gasteiger partial charge in [-0.15, -0.1) is 11.6 Å². The molecule has 5 heteroatoms. The van der Waals surface area contributed by atoms with Crippen molar-refractivity contribution in [3.8, 4) is 11.1 Å². The highest BCUT2D eigenvalue weighted by atomic mass is 35.5. The molecular formula is C14H11Cl3N2. The Morgan fingerprint density at radius 1 is 1.00 bits per heavy atom. The average molecular weight is 314 g/mol. The van der Waals surface area contributed by atoms with Crippen molar-refractivity contribution in [1.29, 1.82) is 0 Å². The molecule has 2 nitrogen and oxygen atoms in total. The predicted octanol–water partition coefficient (Wildman–Crippen LogP) is 4.89. The first-order valence-electron chi connectivity index (χ1n) is 5.54. The lowest BCUT2D eigenvalue weighted by Crippen LogP contribution is -2.12. The Labute approximate surface area is 126 Å². The zero-order valence-electron chi connectivity index (χ0n) is 9.91. The Kier molecular flexibility index (Phi) is 4.70. The smallest absolute Gasteiger partial charge is 0.115 e. The van der Waals surface area contributed by atoms with Gasteiger partial charge in [-0.2, -0.15) is 0 Å². The maximum absolute atomic E-state index is 6.01. The number of rotatable bonds is 3. The van der Waals surface area contributed by atoms with Crippen LogP contribution < -0.4 is 5.73 Å². The van der Waals surface area contributed by atoms with Crippen molar-refractivity contribution < 1.29 is 0 Å². The van der Waals surface area contributed by atoms with E-state index in [1.54, 1.807) is 6.07 Å². The standard InChI is InChI=1S/C14H11Cl3N2/c15-8-14(18)19-11-3-1-2-9(6-11)10-4-5-12(16)13(17)7-10/h1-7H,8H2,(H2,18,19). The quantitative estimate of drug-likeness (QED) is 0.489. The Morgan fingerprint density at radius 3 is 2.42 bits per heavy atom. The molecule has 2 rings (SSSR count). The molecule has 2 aromatic rings. The Balaban J connectivity index is 2.40. The van der Waals surface area contributed by atoms with Gasteiger partial charge in [-0.05, 0) is 35.4 Å². The number of alkyl halides is 1. The summed E-state index contributed by atoms with van der Waals surface area (Å²) in [4.78, 5) is 4.21. The number of halogens is 3. The van der Waals surface area contributed by atoms with Crippen LogP contribution in [-0.4, -0.2) is 11.7 Å². The van der Waals surface area contributed by atoms with E-state index < -0.39 is 0 Å². The third-order valence-corrected chi connectivity index (χ3v) is 3.52. The predicted molar refractivity (Wildman–Crippen MR) is 83.9 cm³/mol. The first-order valence-corrected chi connectivity index (χ1v) is 6.83. The second-order valence-corrected chi connectivity index (χ2v) is 5.00. The Hall–Kier alpha value is -1.22. The lowest BCUT2D eigenvalue weighted by atomic mass is 10.1. The molecule has 0 spiro atoms. The monoisotopic (exact) mass is 312 g/mol. The van der Waals surface area contributed by atoms with E-state index in [0.29, 0.717) is 15.9 Å². The molecule has 0 amide bonds. The van der Waals surface area contributed by atoms with Crippen LogP contribution in [0.15, 0.2) is 47.5 Å². The van der Waals surface area contributed by atoms with Gasteiger partial charge < -0.3 is 5.73 Å². The van der Waals surface area contributed by atoms with Gasteiger partial charge in [-0.3, -0.25) is 0 Å². The Morgan fingerprint density at radius 2 is 1.74 bits per heavy atom. The molecule has 0 fully saturated rings. The fourth-order valence-electron chi connectivity index (χ4n) is 1.63. The third kappa shape index (κ3) is 3.63. The fourth-order valence-corrected chi connectivity index (χ4v) is 1.98. The van der Waals surface area contributed by atoms with Crippen molar-refractivity contribution >= 4 is 46.3 Å². The van der Waals surface area contributed by atoms with Crippen molar-refractivity contribution in [3.05, 3.63) is 52.5 Å². The van der Waals surface area contributed by atoms with Crippen LogP contribution >= 0.6 is 34.8 Å². The third-order valence-electron chi connectivity index (χ3n) is 2.51. The fraction of sp³-hybridized carbons (Fsp3) is 0.0714. The largest absolute Gasteiger partial charge is 0.386 e. The summed E-state index contributed by atoms with van der Waals surface area (Å²) in [5.74, 6) is 0.588. The maximum Gasteiger partial charge on any atom is 0.115 e. The van der Waals surface area contributed by atoms with E-state index in [-0.39, 0.29) is 5.88 Å². The first kappa shape index (κ1) is 14.2. The van der Waals surface area contributed by atoms with E-state index in [4.69, 9.17) is 40.5 Å². The van der Waals surface area contributed by atoms with Gasteiger partial charge in [-0.25, -0.2) is 4.99 Å². The number of benzene rings is 2. The lowest BCUT2D eigenvalue weighted by molar-refractivity contribution is 1.45. The average Bonchev–Trinajstić information content (AvgIpc) is 2.42. The molecule has 0 aliphatic rings. The molecule has 0 bridgehead atoms. The first-order chi connectivity index (χ1) is 9.10. The highest BCUT2D eigenvalue weighted by Gasteiger charge is 2.03. The summed E-state index contributed by atoms with van der Waals surface area (Å²) in [5.41, 5.74) is 8.33. The van der Waals surface area contributed by atoms with Crippen LogP contribution in [0.3, 0.4) is 0 Å². The molecule has 0 aliphatic heterocycles. The van der Waals surface area contributed by atoms with Gasteiger partial charge >= 0.3 is 0 Å². The summed E-state index contributed by atoms with van der Waals surface area (Å²) >= 11 is 17.5. The van der Waals surface area contributed by atoms with Gasteiger partial charge in [0.05, 0.1) is 21.6 Å². The van der Waals surface area contributed by atoms with Crippen LogP contribution in [0.4, 0.5) is 5.69 Å². The summed E-state index contributed by atoms with van der Waals surface area (Å²) in [7, 11) is 0. The highest BCUT2D eigenvalue weighted by Crippen LogP contribution is 2.30. The molecule has 0 unspecified atom stereocenters. The number of hydrogen-bond acceptors (Lipinski definition) is 1. The van der Waals surface area contributed by atoms with E-state index in [9.17, 15) is 0 Å². The van der Waals surface area contributed by atoms with Gasteiger partial charge in [0.2, 0.25) is 0 Å². The normalized spacial score (nSPS) is 11.6. The van der Waals surface area contributed by atoms with E-state index in [0.717, 1.165) is 16.8 Å². The molecule has 0 saturated heterocycles. The summed E-state index contributed by atoms with van der Waals surface area (Å²) in [6.45, 7) is 0. The van der Waals surface area contributed by atoms with Gasteiger partial charge in [0.1, 0.15) is 5.84 Å². The molecular weight excluding hydrogens is 303 g/mol. The molecule has 2 N–H and O–H groups in total.